The minimum absolute atomic E-state index is 0.0639. The van der Waals surface area contributed by atoms with Crippen molar-refractivity contribution < 1.29 is 24.2 Å². The van der Waals surface area contributed by atoms with Crippen molar-refractivity contribution in [2.45, 2.75) is 12.8 Å². The average Bonchev–Trinajstić information content (AvgIpc) is 3.12. The van der Waals surface area contributed by atoms with E-state index in [4.69, 9.17) is 9.84 Å². The maximum Gasteiger partial charge on any atom is 0.411 e. The zero-order valence-electron chi connectivity index (χ0n) is 18.7. The first-order valence-electron chi connectivity index (χ1n) is 10.7. The van der Waals surface area contributed by atoms with Crippen LogP contribution in [0, 0.1) is 6.92 Å². The number of aryl methyl sites for hydroxylation is 1. The van der Waals surface area contributed by atoms with Crippen molar-refractivity contribution in [3.05, 3.63) is 87.4 Å². The van der Waals surface area contributed by atoms with Crippen LogP contribution in [0.15, 0.2) is 65.1 Å². The Labute approximate surface area is 205 Å². The Morgan fingerprint density at radius 2 is 1.62 bits per heavy atom. The molecule has 1 aliphatic rings. The third-order valence-corrected chi connectivity index (χ3v) is 6.50. The van der Waals surface area contributed by atoms with E-state index in [1.54, 1.807) is 13.0 Å². The Bertz CT molecular complexity index is 1240. The van der Waals surface area contributed by atoms with Crippen LogP contribution in [-0.4, -0.2) is 48.2 Å². The molecule has 174 valence electrons. The highest BCUT2D eigenvalue weighted by Gasteiger charge is 2.29. The van der Waals surface area contributed by atoms with E-state index in [0.717, 1.165) is 32.7 Å². The Balaban J connectivity index is 1.49. The maximum absolute atomic E-state index is 12.7. The fourth-order valence-electron chi connectivity index (χ4n) is 4.20. The number of nitrogens with one attached hydrogen (secondary N) is 1. The number of carboxylic acid groups (broad SMARTS) is 1. The lowest BCUT2D eigenvalue weighted by molar-refractivity contribution is -0.137. The zero-order valence-corrected chi connectivity index (χ0v) is 20.3. The first-order chi connectivity index (χ1) is 16.3. The van der Waals surface area contributed by atoms with Gasteiger partial charge in [-0.15, -0.1) is 0 Å². The lowest BCUT2D eigenvalue weighted by Crippen LogP contribution is -2.32. The molecule has 8 heteroatoms. The van der Waals surface area contributed by atoms with E-state index >= 15 is 0 Å². The summed E-state index contributed by atoms with van der Waals surface area (Å²) in [6, 6.07) is 19.4. The summed E-state index contributed by atoms with van der Waals surface area (Å²) in [4.78, 5) is 37.4. The Morgan fingerprint density at radius 1 is 1.03 bits per heavy atom. The molecule has 0 heterocycles. The lowest BCUT2D eigenvalue weighted by atomic mass is 9.98. The van der Waals surface area contributed by atoms with Crippen molar-refractivity contribution in [3.8, 4) is 11.1 Å². The fraction of sp³-hybridized carbons (Fsp3) is 0.192. The van der Waals surface area contributed by atoms with Gasteiger partial charge in [0.25, 0.3) is 5.91 Å². The van der Waals surface area contributed by atoms with Crippen LogP contribution in [0.4, 0.5) is 10.5 Å². The van der Waals surface area contributed by atoms with Crippen LogP contribution in [0.25, 0.3) is 11.1 Å². The van der Waals surface area contributed by atoms with Gasteiger partial charge in [-0.05, 0) is 62.8 Å². The largest absolute Gasteiger partial charge is 0.480 e. The molecule has 0 aliphatic heterocycles. The zero-order chi connectivity index (χ0) is 24.4. The predicted octanol–water partition coefficient (Wildman–Crippen LogP) is 5.28. The summed E-state index contributed by atoms with van der Waals surface area (Å²) in [7, 11) is 1.40. The summed E-state index contributed by atoms with van der Waals surface area (Å²) in [5.41, 5.74) is 5.89. The number of rotatable bonds is 6. The Morgan fingerprint density at radius 3 is 2.21 bits per heavy atom. The fourth-order valence-corrected chi connectivity index (χ4v) is 4.82. The molecule has 7 nitrogen and oxygen atoms in total. The number of nitrogens with zero attached hydrogens (tertiary/aromatic N) is 1. The number of ether oxygens (including phenoxy) is 1. The van der Waals surface area contributed by atoms with Crippen LogP contribution in [0.5, 0.6) is 0 Å². The van der Waals surface area contributed by atoms with Crippen molar-refractivity contribution in [3.63, 3.8) is 0 Å². The van der Waals surface area contributed by atoms with Gasteiger partial charge in [0.1, 0.15) is 13.2 Å². The number of aliphatic carboxylic acids is 1. The molecular weight excluding hydrogens is 500 g/mol. The number of benzene rings is 3. The molecule has 0 saturated carbocycles. The van der Waals surface area contributed by atoms with Gasteiger partial charge in [0.05, 0.1) is 5.56 Å². The van der Waals surface area contributed by atoms with Crippen molar-refractivity contribution in [2.75, 3.05) is 25.5 Å². The molecule has 3 aromatic rings. The molecule has 0 fully saturated rings. The third kappa shape index (κ3) is 4.68. The van der Waals surface area contributed by atoms with Gasteiger partial charge in [-0.3, -0.25) is 14.9 Å². The summed E-state index contributed by atoms with van der Waals surface area (Å²) in [5.74, 6) is -1.66. The van der Waals surface area contributed by atoms with Crippen LogP contribution in [0.3, 0.4) is 0 Å². The van der Waals surface area contributed by atoms with Gasteiger partial charge in [-0.1, -0.05) is 48.5 Å². The van der Waals surface area contributed by atoms with Crippen LogP contribution in [0.1, 0.15) is 33.0 Å². The van der Waals surface area contributed by atoms with Crippen LogP contribution < -0.4 is 5.32 Å². The van der Waals surface area contributed by atoms with Crippen LogP contribution in [0.2, 0.25) is 0 Å². The molecule has 0 aromatic heterocycles. The highest BCUT2D eigenvalue weighted by Crippen LogP contribution is 2.44. The minimum Gasteiger partial charge on any atom is -0.480 e. The van der Waals surface area contributed by atoms with Crippen molar-refractivity contribution in [1.82, 2.24) is 4.90 Å². The minimum atomic E-state index is -1.11. The Kier molecular flexibility index (Phi) is 6.70. The summed E-state index contributed by atoms with van der Waals surface area (Å²) in [6.07, 6.45) is -0.635. The molecule has 0 spiro atoms. The molecule has 34 heavy (non-hydrogen) atoms. The monoisotopic (exact) mass is 522 g/mol. The van der Waals surface area contributed by atoms with E-state index in [2.05, 4.69) is 33.4 Å². The van der Waals surface area contributed by atoms with Crippen LogP contribution in [-0.2, 0) is 9.53 Å². The second-order valence-electron chi connectivity index (χ2n) is 8.15. The number of likely N-dealkylation sites (N-methyl/N-ethyl adjacent to an activating group) is 1. The molecule has 0 saturated heterocycles. The number of amides is 2. The highest BCUT2D eigenvalue weighted by molar-refractivity contribution is 9.10. The van der Waals surface area contributed by atoms with Crippen molar-refractivity contribution >= 4 is 39.6 Å². The molecule has 0 atom stereocenters. The van der Waals surface area contributed by atoms with Gasteiger partial charge in [-0.25, -0.2) is 4.79 Å². The second kappa shape index (κ2) is 9.69. The summed E-state index contributed by atoms with van der Waals surface area (Å²) >= 11 is 3.35. The van der Waals surface area contributed by atoms with E-state index in [1.165, 1.54) is 13.1 Å². The molecule has 1 aliphatic carbocycles. The van der Waals surface area contributed by atoms with Gasteiger partial charge in [0.2, 0.25) is 0 Å². The van der Waals surface area contributed by atoms with Crippen molar-refractivity contribution in [1.29, 1.82) is 0 Å². The number of fused-ring (bicyclic) bond motifs is 3. The number of hydrogen-bond donors (Lipinski definition) is 2. The van der Waals surface area contributed by atoms with E-state index in [-0.39, 0.29) is 18.1 Å². The smallest absolute Gasteiger partial charge is 0.411 e. The quantitative estimate of drug-likeness (QED) is 0.459. The molecule has 0 bridgehead atoms. The number of carbonyl (C=O) groups excluding carboxylic acids is 2. The van der Waals surface area contributed by atoms with Crippen molar-refractivity contribution in [2.24, 2.45) is 0 Å². The SMILES string of the molecule is Cc1cc(Br)c(C(=O)N(C)CC(=O)O)cc1NC(=O)OCC1c2ccccc2-c2ccccc21. The average molecular weight is 523 g/mol. The third-order valence-electron chi connectivity index (χ3n) is 5.84. The molecule has 2 N–H and O–H groups in total. The second-order valence-corrected chi connectivity index (χ2v) is 9.01. The summed E-state index contributed by atoms with van der Waals surface area (Å²) in [5, 5.41) is 11.7. The number of anilines is 1. The van der Waals surface area contributed by atoms with Crippen LogP contribution >= 0.6 is 15.9 Å². The van der Waals surface area contributed by atoms with E-state index < -0.39 is 24.5 Å². The molecule has 3 aromatic carbocycles. The van der Waals surface area contributed by atoms with Gasteiger partial charge in [-0.2, -0.15) is 0 Å². The van der Waals surface area contributed by atoms with E-state index in [1.807, 2.05) is 36.4 Å². The van der Waals surface area contributed by atoms with Gasteiger partial charge in [0.15, 0.2) is 0 Å². The standard InChI is InChI=1S/C26H23BrN2O5/c1-15-11-22(27)20(25(32)29(2)13-24(30)31)12-23(15)28-26(33)34-14-21-18-9-5-3-7-16(18)17-8-4-6-10-19(17)21/h3-12,21H,13-14H2,1-2H3,(H,28,33)(H,30,31). The maximum atomic E-state index is 12.7. The lowest BCUT2D eigenvalue weighted by Gasteiger charge is -2.18. The predicted molar refractivity (Wildman–Crippen MR) is 132 cm³/mol. The topological polar surface area (TPSA) is 95.9 Å². The highest BCUT2D eigenvalue weighted by atomic mass is 79.9. The van der Waals surface area contributed by atoms with Gasteiger partial charge in [0, 0.05) is 23.1 Å². The Hall–Kier alpha value is -3.65. The first kappa shape index (κ1) is 23.5. The number of halogens is 1. The first-order valence-corrected chi connectivity index (χ1v) is 11.4. The van der Waals surface area contributed by atoms with Gasteiger partial charge >= 0.3 is 12.1 Å². The number of carbonyl (C=O) groups is 3. The van der Waals surface area contributed by atoms with E-state index in [9.17, 15) is 14.4 Å². The molecule has 0 radical (unpaired) electrons. The van der Waals surface area contributed by atoms with Gasteiger partial charge < -0.3 is 14.7 Å². The molecular formula is C26H23BrN2O5. The normalized spacial score (nSPS) is 12.0. The number of hydrogen-bond acceptors (Lipinski definition) is 4. The molecule has 2 amide bonds. The molecule has 4 rings (SSSR count). The summed E-state index contributed by atoms with van der Waals surface area (Å²) < 4.78 is 6.10. The van der Waals surface area contributed by atoms with E-state index in [0.29, 0.717) is 10.2 Å². The summed E-state index contributed by atoms with van der Waals surface area (Å²) in [6.45, 7) is 1.52. The number of carboxylic acids is 1. The molecule has 0 unspecified atom stereocenters.